The molecule has 0 bridgehead atoms. The van der Waals surface area contributed by atoms with Crippen LogP contribution in [0.2, 0.25) is 0 Å². The van der Waals surface area contributed by atoms with E-state index in [1.165, 1.54) is 0 Å². The maximum absolute atomic E-state index is 10.4. The van der Waals surface area contributed by atoms with Crippen LogP contribution in [0.5, 0.6) is 0 Å². The fourth-order valence-corrected chi connectivity index (χ4v) is 3.20. The van der Waals surface area contributed by atoms with Gasteiger partial charge in [0, 0.05) is 0 Å². The summed E-state index contributed by atoms with van der Waals surface area (Å²) in [6.07, 6.45) is 0. The Morgan fingerprint density at radius 3 is 2.33 bits per heavy atom. The van der Waals surface area contributed by atoms with Gasteiger partial charge >= 0.3 is 0 Å². The Morgan fingerprint density at radius 2 is 1.83 bits per heavy atom. The lowest BCUT2D eigenvalue weighted by atomic mass is 10.2. The van der Waals surface area contributed by atoms with E-state index < -0.39 is 18.2 Å². The number of rotatable bonds is 3. The first-order chi connectivity index (χ1) is 5.58. The zero-order valence-corrected chi connectivity index (χ0v) is 8.70. The minimum absolute atomic E-state index is 0.500. The van der Waals surface area contributed by atoms with Crippen LogP contribution in [0.3, 0.4) is 0 Å². The molecular formula is C7H10O3SSi. The van der Waals surface area contributed by atoms with E-state index in [2.05, 4.69) is 0 Å². The monoisotopic (exact) mass is 202 g/mol. The van der Waals surface area contributed by atoms with Crippen molar-refractivity contribution in [3.05, 3.63) is 35.9 Å². The maximum Gasteiger partial charge on any atom is 0.221 e. The van der Waals surface area contributed by atoms with Gasteiger partial charge in [0.2, 0.25) is 18.2 Å². The average Bonchev–Trinajstić information content (AvgIpc) is 2.02. The highest BCUT2D eigenvalue weighted by atomic mass is 32.4. The van der Waals surface area contributed by atoms with Crippen molar-refractivity contribution < 1.29 is 13.0 Å². The zero-order chi connectivity index (χ0) is 9.03. The lowest BCUT2D eigenvalue weighted by Gasteiger charge is -1.96. The molecule has 5 heteroatoms. The number of hydrogen-bond acceptors (Lipinski definition) is 2. The third-order valence-corrected chi connectivity index (χ3v) is 4.95. The molecule has 66 valence electrons. The SMILES string of the molecule is O=S(=O)(O)[SiH2]Cc1ccccc1. The molecule has 0 aliphatic rings. The van der Waals surface area contributed by atoms with Crippen molar-refractivity contribution in [2.24, 2.45) is 0 Å². The summed E-state index contributed by atoms with van der Waals surface area (Å²) in [5.41, 5.74) is 0.974. The smallest absolute Gasteiger partial charge is 0.221 e. The largest absolute Gasteiger partial charge is 0.292 e. The van der Waals surface area contributed by atoms with Gasteiger partial charge in [0.25, 0.3) is 0 Å². The minimum Gasteiger partial charge on any atom is -0.292 e. The van der Waals surface area contributed by atoms with Crippen molar-refractivity contribution in [2.75, 3.05) is 0 Å². The first-order valence-corrected chi connectivity index (χ1v) is 7.91. The van der Waals surface area contributed by atoms with Crippen LogP contribution in [0.25, 0.3) is 0 Å². The maximum atomic E-state index is 10.4. The molecule has 1 N–H and O–H groups in total. The summed E-state index contributed by atoms with van der Waals surface area (Å²) in [7, 11) is -5.10. The molecule has 1 rings (SSSR count). The summed E-state index contributed by atoms with van der Waals surface area (Å²) in [4.78, 5) is 0. The second kappa shape index (κ2) is 3.84. The highest BCUT2D eigenvalue weighted by Gasteiger charge is 2.05. The molecule has 0 saturated carbocycles. The van der Waals surface area contributed by atoms with E-state index in [0.717, 1.165) is 5.56 Å². The molecule has 3 nitrogen and oxygen atoms in total. The molecule has 0 saturated heterocycles. The Balaban J connectivity index is 2.56. The number of hydrogen-bond donors (Lipinski definition) is 1. The molecule has 0 aromatic heterocycles. The van der Waals surface area contributed by atoms with Gasteiger partial charge in [0.1, 0.15) is 0 Å². The van der Waals surface area contributed by atoms with Crippen molar-refractivity contribution in [3.63, 3.8) is 0 Å². The molecule has 0 fully saturated rings. The average molecular weight is 202 g/mol. The summed E-state index contributed by atoms with van der Waals surface area (Å²) < 4.78 is 29.4. The topological polar surface area (TPSA) is 54.4 Å². The van der Waals surface area contributed by atoms with Crippen molar-refractivity contribution in [1.82, 2.24) is 0 Å². The van der Waals surface area contributed by atoms with E-state index in [4.69, 9.17) is 4.55 Å². The fraction of sp³-hybridized carbons (Fsp3) is 0.143. The lowest BCUT2D eigenvalue weighted by Crippen LogP contribution is -2.10. The first-order valence-electron chi connectivity index (χ1n) is 3.57. The Bertz CT molecular complexity index is 333. The molecule has 0 heterocycles. The van der Waals surface area contributed by atoms with Crippen molar-refractivity contribution in [3.8, 4) is 0 Å². The van der Waals surface area contributed by atoms with Crippen LogP contribution in [0.1, 0.15) is 5.56 Å². The minimum atomic E-state index is -3.68. The van der Waals surface area contributed by atoms with Crippen molar-refractivity contribution in [1.29, 1.82) is 0 Å². The molecule has 0 unspecified atom stereocenters. The Hall–Kier alpha value is -0.653. The molecule has 12 heavy (non-hydrogen) atoms. The highest BCUT2D eigenvalue weighted by Crippen LogP contribution is 1.99. The van der Waals surface area contributed by atoms with Gasteiger partial charge < -0.3 is 0 Å². The first kappa shape index (κ1) is 9.44. The van der Waals surface area contributed by atoms with Crippen LogP contribution in [0.15, 0.2) is 30.3 Å². The Kier molecular flexibility index (Phi) is 3.02. The molecule has 1 aromatic carbocycles. The summed E-state index contributed by atoms with van der Waals surface area (Å²) in [6.45, 7) is 0. The molecule has 0 atom stereocenters. The molecule has 1 aromatic rings. The van der Waals surface area contributed by atoms with E-state index in [1.807, 2.05) is 30.3 Å². The van der Waals surface area contributed by atoms with Crippen LogP contribution in [-0.2, 0) is 15.6 Å². The van der Waals surface area contributed by atoms with Gasteiger partial charge in [-0.15, -0.1) is 0 Å². The highest BCUT2D eigenvalue weighted by molar-refractivity contribution is 8.10. The van der Waals surface area contributed by atoms with Gasteiger partial charge in [-0.05, 0) is 6.04 Å². The molecule has 0 amide bonds. The summed E-state index contributed by atoms with van der Waals surface area (Å²) >= 11 is 0. The predicted molar refractivity (Wildman–Crippen MR) is 50.2 cm³/mol. The van der Waals surface area contributed by atoms with Gasteiger partial charge in [-0.2, -0.15) is 0 Å². The fourth-order valence-electron chi connectivity index (χ4n) is 0.892. The van der Waals surface area contributed by atoms with Crippen LogP contribution < -0.4 is 0 Å². The lowest BCUT2D eigenvalue weighted by molar-refractivity contribution is 0.500. The van der Waals surface area contributed by atoms with E-state index in [9.17, 15) is 8.42 Å². The van der Waals surface area contributed by atoms with E-state index in [0.29, 0.717) is 6.04 Å². The summed E-state index contributed by atoms with van der Waals surface area (Å²) in [5, 5.41) is 0. The molecular weight excluding hydrogens is 192 g/mol. The van der Waals surface area contributed by atoms with E-state index >= 15 is 0 Å². The molecule has 0 radical (unpaired) electrons. The van der Waals surface area contributed by atoms with Gasteiger partial charge in [0.05, 0.1) is 0 Å². The third kappa shape index (κ3) is 3.66. The van der Waals surface area contributed by atoms with Crippen LogP contribution in [0.4, 0.5) is 0 Å². The predicted octanol–water partition coefficient (Wildman–Crippen LogP) is 0.158. The number of benzene rings is 1. The standard InChI is InChI=1S/C7H10O3SSi/c8-11(9,10)12-6-7-4-2-1-3-5-7/h1-5H,6,12H2,(H,8,9,10). The second-order valence-corrected chi connectivity index (χ2v) is 8.01. The van der Waals surface area contributed by atoms with Crippen molar-refractivity contribution >= 4 is 18.2 Å². The quantitative estimate of drug-likeness (QED) is 0.561. The van der Waals surface area contributed by atoms with Gasteiger partial charge in [-0.25, -0.2) is 8.42 Å². The Labute approximate surface area is 73.6 Å². The zero-order valence-electron chi connectivity index (χ0n) is 6.47. The second-order valence-electron chi connectivity index (χ2n) is 2.52. The van der Waals surface area contributed by atoms with Crippen LogP contribution in [-0.4, -0.2) is 21.6 Å². The third-order valence-electron chi connectivity index (χ3n) is 1.49. The normalized spacial score (nSPS) is 12.4. The van der Waals surface area contributed by atoms with Crippen LogP contribution >= 0.6 is 0 Å². The van der Waals surface area contributed by atoms with E-state index in [-0.39, 0.29) is 0 Å². The van der Waals surface area contributed by atoms with Crippen molar-refractivity contribution in [2.45, 2.75) is 6.04 Å². The summed E-state index contributed by atoms with van der Waals surface area (Å²) in [5.74, 6) is 0. The van der Waals surface area contributed by atoms with Crippen LogP contribution in [0, 0.1) is 0 Å². The van der Waals surface area contributed by atoms with Gasteiger partial charge in [-0.1, -0.05) is 35.9 Å². The van der Waals surface area contributed by atoms with Gasteiger partial charge in [-0.3, -0.25) is 4.55 Å². The molecule has 0 aliphatic carbocycles. The summed E-state index contributed by atoms with van der Waals surface area (Å²) in [6, 6.07) is 9.80. The van der Waals surface area contributed by atoms with E-state index in [1.54, 1.807) is 0 Å². The Morgan fingerprint density at radius 1 is 1.25 bits per heavy atom. The molecule has 0 spiro atoms. The molecule has 0 aliphatic heterocycles. The van der Waals surface area contributed by atoms with Gasteiger partial charge in [0.15, 0.2) is 0 Å².